The maximum Gasteiger partial charge on any atom is 0.246 e. The van der Waals surface area contributed by atoms with Gasteiger partial charge in [0.25, 0.3) is 0 Å². The van der Waals surface area contributed by atoms with Crippen LogP contribution in [0.1, 0.15) is 78.2 Å². The van der Waals surface area contributed by atoms with Gasteiger partial charge in [-0.15, -0.1) is 0 Å². The molecule has 1 aromatic rings. The number of nitrogens with two attached hydrogens (primary N) is 4. The van der Waals surface area contributed by atoms with Gasteiger partial charge in [-0.1, -0.05) is 67.8 Å². The molecular weight excluding hydrogens is 941 g/mol. The highest BCUT2D eigenvalue weighted by Gasteiger charge is 2.41. The van der Waals surface area contributed by atoms with E-state index in [4.69, 9.17) is 22.9 Å². The Bertz CT molecular complexity index is 2050. The Hall–Kier alpha value is -6.15. The van der Waals surface area contributed by atoms with Crippen molar-refractivity contribution >= 4 is 86.6 Å². The zero-order valence-corrected chi connectivity index (χ0v) is 40.7. The fourth-order valence-corrected chi connectivity index (χ4v) is 9.62. The SMILES string of the molecule is CC[C@H](C)[C@@H]1NC(=O)C(Cc2ccc(O)cc2)NC(=O)[C@@H](N)CSSC[C@@H](C(=O)N2CCC[C@H]2C(=O)N[C@@H](CC(C)C)C(=O)NCC(N)=O)NC(=O)C(CC(N)=O)NC(=O)[C@H](CCC(N)=O)NC1=O. The molecule has 2 heterocycles. The van der Waals surface area contributed by atoms with Crippen molar-refractivity contribution in [2.24, 2.45) is 34.8 Å². The number of hydrogen-bond acceptors (Lipinski definition) is 15. The highest BCUT2D eigenvalue weighted by molar-refractivity contribution is 8.76. The molecule has 0 saturated carbocycles. The molecule has 2 unspecified atom stereocenters. The molecular formula is C43H66N12O12S2. The van der Waals surface area contributed by atoms with E-state index in [-0.39, 0.29) is 49.0 Å². The molecule has 2 aliphatic rings. The van der Waals surface area contributed by atoms with Crippen LogP contribution >= 0.6 is 21.6 Å². The van der Waals surface area contributed by atoms with Crippen LogP contribution in [0.2, 0.25) is 0 Å². The van der Waals surface area contributed by atoms with Crippen molar-refractivity contribution in [1.29, 1.82) is 0 Å². The Balaban J connectivity index is 2.05. The molecule has 69 heavy (non-hydrogen) atoms. The van der Waals surface area contributed by atoms with Gasteiger partial charge in [-0.2, -0.15) is 0 Å². The summed E-state index contributed by atoms with van der Waals surface area (Å²) in [6, 6.07) is -5.05. The molecule has 0 radical (unpaired) electrons. The van der Waals surface area contributed by atoms with Crippen LogP contribution in [0.4, 0.5) is 0 Å². The van der Waals surface area contributed by atoms with Crippen LogP contribution in [0.3, 0.4) is 0 Å². The second kappa shape index (κ2) is 27.7. The topological polar surface area (TPSA) is 400 Å². The van der Waals surface area contributed by atoms with Crippen LogP contribution in [0.25, 0.3) is 0 Å². The Kier molecular flexibility index (Phi) is 23.0. The standard InChI is InChI=1S/C43H66N12O12S2/c1-5-22(4)35-42(66)49-26(12-13-32(45)57)38(62)51-29(17-33(46)58)39(63)53-30(20-69-68-19-25(44)36(60)50-28(40(64)54-35)16-23-8-10-24(56)11-9-23)43(67)55-14-6-7-31(55)41(65)52-27(15-21(2)3)37(61)48-18-34(47)59/h8-11,21-22,25-31,35,56H,5-7,12-20,44H2,1-4H3,(H2,45,57)(H2,46,58)(H2,47,59)(H,48,61)(H,49,66)(H,50,60)(H,51,62)(H,52,65)(H,53,63)(H,54,64)/t22-,25-,26-,27-,28?,29?,30-,31-,35-/m0/s1. The average Bonchev–Trinajstić information content (AvgIpc) is 3.78. The lowest BCUT2D eigenvalue weighted by atomic mass is 9.96. The molecule has 24 nitrogen and oxygen atoms in total. The van der Waals surface area contributed by atoms with Crippen LogP contribution in [0, 0.1) is 11.8 Å². The number of carbonyl (C=O) groups excluding carboxylic acids is 11. The van der Waals surface area contributed by atoms with E-state index in [2.05, 4.69) is 37.2 Å². The third-order valence-electron chi connectivity index (χ3n) is 11.3. The van der Waals surface area contributed by atoms with Crippen LogP contribution < -0.4 is 60.2 Å². The molecule has 11 amide bonds. The molecule has 0 bridgehead atoms. The van der Waals surface area contributed by atoms with E-state index in [0.29, 0.717) is 18.4 Å². The number of benzene rings is 1. The first kappa shape index (κ1) is 57.2. The number of phenols is 1. The van der Waals surface area contributed by atoms with Gasteiger partial charge in [0.05, 0.1) is 19.0 Å². The van der Waals surface area contributed by atoms with E-state index in [1.165, 1.54) is 29.2 Å². The summed E-state index contributed by atoms with van der Waals surface area (Å²) in [5.41, 5.74) is 22.9. The van der Waals surface area contributed by atoms with Crippen LogP contribution in [0.5, 0.6) is 5.75 Å². The third-order valence-corrected chi connectivity index (χ3v) is 13.7. The number of hydrogen-bond donors (Lipinski definition) is 12. The summed E-state index contributed by atoms with van der Waals surface area (Å²) < 4.78 is 0. The second-order valence-electron chi connectivity index (χ2n) is 17.4. The van der Waals surface area contributed by atoms with Crippen molar-refractivity contribution in [2.75, 3.05) is 24.6 Å². The number of primary amides is 3. The quantitative estimate of drug-likeness (QED) is 0.0671. The lowest BCUT2D eigenvalue weighted by Gasteiger charge is -2.31. The van der Waals surface area contributed by atoms with E-state index >= 15 is 0 Å². The van der Waals surface area contributed by atoms with Crippen molar-refractivity contribution in [1.82, 2.24) is 42.1 Å². The summed E-state index contributed by atoms with van der Waals surface area (Å²) in [6.45, 7) is 6.60. The molecule has 0 spiro atoms. The largest absolute Gasteiger partial charge is 0.508 e. The van der Waals surface area contributed by atoms with Crippen molar-refractivity contribution in [3.05, 3.63) is 29.8 Å². The highest BCUT2D eigenvalue weighted by Crippen LogP contribution is 2.26. The molecule has 3 rings (SSSR count). The van der Waals surface area contributed by atoms with Gasteiger partial charge >= 0.3 is 0 Å². The van der Waals surface area contributed by atoms with E-state index in [1.54, 1.807) is 13.8 Å². The Labute approximate surface area is 407 Å². The van der Waals surface area contributed by atoms with E-state index in [1.807, 2.05) is 13.8 Å². The number of likely N-dealkylation sites (tertiary alicyclic amines) is 1. The minimum atomic E-state index is -1.75. The van der Waals surface area contributed by atoms with Gasteiger partial charge in [0.1, 0.15) is 48.0 Å². The van der Waals surface area contributed by atoms with Gasteiger partial charge in [0, 0.05) is 30.9 Å². The molecule has 2 saturated heterocycles. The Morgan fingerprint density at radius 2 is 1.39 bits per heavy atom. The lowest BCUT2D eigenvalue weighted by molar-refractivity contribution is -0.142. The second-order valence-corrected chi connectivity index (χ2v) is 20.0. The summed E-state index contributed by atoms with van der Waals surface area (Å²) in [6.07, 6.45) is -0.694. The molecule has 16 N–H and O–H groups in total. The molecule has 0 aliphatic carbocycles. The molecule has 26 heteroatoms. The minimum absolute atomic E-state index is 0.0468. The monoisotopic (exact) mass is 1010 g/mol. The zero-order valence-electron chi connectivity index (χ0n) is 39.1. The van der Waals surface area contributed by atoms with Crippen LogP contribution in [-0.2, 0) is 59.2 Å². The van der Waals surface area contributed by atoms with Gasteiger partial charge < -0.3 is 70.2 Å². The molecule has 2 fully saturated rings. The maximum absolute atomic E-state index is 14.5. The van der Waals surface area contributed by atoms with Crippen LogP contribution in [-0.4, -0.2) is 148 Å². The van der Waals surface area contributed by atoms with Crippen LogP contribution in [0.15, 0.2) is 24.3 Å². The first-order valence-corrected chi connectivity index (χ1v) is 25.0. The minimum Gasteiger partial charge on any atom is -0.508 e. The molecule has 0 aromatic heterocycles. The normalized spacial score (nSPS) is 24.3. The highest BCUT2D eigenvalue weighted by atomic mass is 33.1. The number of nitrogens with zero attached hydrogens (tertiary/aromatic N) is 1. The summed E-state index contributed by atoms with van der Waals surface area (Å²) in [7, 11) is 2.05. The summed E-state index contributed by atoms with van der Waals surface area (Å²) in [4.78, 5) is 148. The lowest BCUT2D eigenvalue weighted by Crippen LogP contribution is -2.61. The molecule has 9 atom stereocenters. The molecule has 1 aromatic carbocycles. The first-order valence-electron chi connectivity index (χ1n) is 22.5. The van der Waals surface area contributed by atoms with E-state index < -0.39 is 145 Å². The number of nitrogens with one attached hydrogen (secondary N) is 7. The van der Waals surface area contributed by atoms with E-state index in [0.717, 1.165) is 21.6 Å². The van der Waals surface area contributed by atoms with Gasteiger partial charge in [0.15, 0.2) is 0 Å². The molecule has 382 valence electrons. The summed E-state index contributed by atoms with van der Waals surface area (Å²) >= 11 is 0. The predicted octanol–water partition coefficient (Wildman–Crippen LogP) is -3.61. The average molecular weight is 1010 g/mol. The van der Waals surface area contributed by atoms with Gasteiger partial charge in [0.2, 0.25) is 65.0 Å². The summed E-state index contributed by atoms with van der Waals surface area (Å²) in [5, 5.41) is 27.7. The van der Waals surface area contributed by atoms with E-state index in [9.17, 15) is 57.8 Å². The Morgan fingerprint density at radius 3 is 2.00 bits per heavy atom. The number of phenolic OH excluding ortho intramolecular Hbond substituents is 1. The summed E-state index contributed by atoms with van der Waals surface area (Å²) in [5.74, 6) is -10.4. The fourth-order valence-electron chi connectivity index (χ4n) is 7.34. The van der Waals surface area contributed by atoms with Crippen molar-refractivity contribution in [3.8, 4) is 5.75 Å². The Morgan fingerprint density at radius 1 is 0.783 bits per heavy atom. The fraction of sp³-hybridized carbons (Fsp3) is 0.605. The number of aromatic hydroxyl groups is 1. The van der Waals surface area contributed by atoms with Crippen molar-refractivity contribution in [3.63, 3.8) is 0 Å². The first-order chi connectivity index (χ1) is 32.5. The van der Waals surface area contributed by atoms with Gasteiger partial charge in [-0.05, 0) is 55.2 Å². The predicted molar refractivity (Wildman–Crippen MR) is 254 cm³/mol. The number of carbonyl (C=O) groups is 11. The van der Waals surface area contributed by atoms with Crippen molar-refractivity contribution < 1.29 is 57.8 Å². The number of amides is 11. The zero-order chi connectivity index (χ0) is 51.5. The molecule has 2 aliphatic heterocycles. The van der Waals surface area contributed by atoms with Gasteiger partial charge in [-0.25, -0.2) is 0 Å². The number of rotatable bonds is 17. The van der Waals surface area contributed by atoms with Crippen molar-refractivity contribution in [2.45, 2.75) is 127 Å². The van der Waals surface area contributed by atoms with Gasteiger partial charge in [-0.3, -0.25) is 52.7 Å². The smallest absolute Gasteiger partial charge is 0.246 e. The maximum atomic E-state index is 14.5. The third kappa shape index (κ3) is 18.7.